The van der Waals surface area contributed by atoms with Crippen LogP contribution in [0.1, 0.15) is 11.3 Å². The number of aryl methyl sites for hydroxylation is 1. The average molecular weight is 377 g/mol. The monoisotopic (exact) mass is 376 g/mol. The summed E-state index contributed by atoms with van der Waals surface area (Å²) in [6.45, 7) is 1.81. The van der Waals surface area contributed by atoms with Gasteiger partial charge in [0.15, 0.2) is 5.82 Å². The molecule has 0 aliphatic carbocycles. The number of rotatable bonds is 4. The maximum absolute atomic E-state index is 14.1. The second kappa shape index (κ2) is 5.78. The molecule has 2 N–H and O–H groups in total. The van der Waals surface area contributed by atoms with Crippen molar-refractivity contribution in [2.24, 2.45) is 0 Å². The van der Waals surface area contributed by atoms with Crippen LogP contribution in [0.25, 0.3) is 0 Å². The van der Waals surface area contributed by atoms with Gasteiger partial charge in [0.05, 0.1) is 10.7 Å². The van der Waals surface area contributed by atoms with Crippen molar-refractivity contribution < 1.29 is 17.2 Å². The van der Waals surface area contributed by atoms with Crippen LogP contribution in [0.3, 0.4) is 0 Å². The largest absolute Gasteiger partial charge is 0.469 e. The summed E-state index contributed by atoms with van der Waals surface area (Å²) < 4.78 is 45.2. The summed E-state index contributed by atoms with van der Waals surface area (Å²) in [5.74, 6) is -0.244. The van der Waals surface area contributed by atoms with E-state index in [1.54, 1.807) is 13.0 Å². The molecule has 0 saturated carbocycles. The zero-order chi connectivity index (χ0) is 15.8. The van der Waals surface area contributed by atoms with Crippen LogP contribution in [-0.2, 0) is 16.6 Å². The Morgan fingerprint density at radius 1 is 1.43 bits per heavy atom. The van der Waals surface area contributed by atoms with E-state index >= 15 is 0 Å². The molecule has 0 unspecified atom stereocenters. The smallest absolute Gasteiger partial charge is 0.246 e. The highest BCUT2D eigenvalue weighted by molar-refractivity contribution is 9.10. The molecule has 0 spiro atoms. The molecule has 0 bridgehead atoms. The lowest BCUT2D eigenvalue weighted by molar-refractivity contribution is 0.453. The van der Waals surface area contributed by atoms with Crippen molar-refractivity contribution in [1.29, 1.82) is 0 Å². The maximum atomic E-state index is 14.1. The van der Waals surface area contributed by atoms with Gasteiger partial charge in [0.25, 0.3) is 0 Å². The Morgan fingerprint density at radius 3 is 2.67 bits per heavy atom. The molecule has 0 atom stereocenters. The standard InChI is InChI=1S/C13H14BrFN2O3S/c1-8-9(3-4-20-8)7-17(2)21(18,19)12-6-10(16)5-11(14)13(12)15/h3-6H,7,16H2,1-2H3. The summed E-state index contributed by atoms with van der Waals surface area (Å²) in [5.41, 5.74) is 6.46. The van der Waals surface area contributed by atoms with Crippen molar-refractivity contribution in [2.75, 3.05) is 12.8 Å². The summed E-state index contributed by atoms with van der Waals surface area (Å²) in [4.78, 5) is -0.460. The molecule has 114 valence electrons. The van der Waals surface area contributed by atoms with Gasteiger partial charge in [-0.3, -0.25) is 0 Å². The number of nitrogens with two attached hydrogens (primary N) is 1. The first kappa shape index (κ1) is 16.0. The van der Waals surface area contributed by atoms with Gasteiger partial charge in [-0.2, -0.15) is 4.31 Å². The van der Waals surface area contributed by atoms with Gasteiger partial charge in [0.2, 0.25) is 10.0 Å². The highest BCUT2D eigenvalue weighted by atomic mass is 79.9. The molecule has 0 saturated heterocycles. The molecule has 0 aliphatic rings. The molecule has 2 rings (SSSR count). The Kier molecular flexibility index (Phi) is 4.40. The second-order valence-corrected chi connectivity index (χ2v) is 7.45. The fraction of sp³-hybridized carbons (Fsp3) is 0.231. The summed E-state index contributed by atoms with van der Waals surface area (Å²) in [6.07, 6.45) is 1.48. The van der Waals surface area contributed by atoms with E-state index in [9.17, 15) is 12.8 Å². The van der Waals surface area contributed by atoms with Crippen LogP contribution < -0.4 is 5.73 Å². The van der Waals surface area contributed by atoms with Crippen LogP contribution >= 0.6 is 15.9 Å². The Balaban J connectivity index is 2.40. The third kappa shape index (κ3) is 3.12. The highest BCUT2D eigenvalue weighted by Gasteiger charge is 2.27. The summed E-state index contributed by atoms with van der Waals surface area (Å²) in [6, 6.07) is 4.09. The normalized spacial score (nSPS) is 12.0. The first-order valence-electron chi connectivity index (χ1n) is 5.97. The highest BCUT2D eigenvalue weighted by Crippen LogP contribution is 2.28. The molecule has 1 heterocycles. The summed E-state index contributed by atoms with van der Waals surface area (Å²) in [7, 11) is -2.63. The molecule has 2 aromatic rings. The van der Waals surface area contributed by atoms with Gasteiger partial charge < -0.3 is 10.2 Å². The molecule has 1 aromatic heterocycles. The molecule has 1 aromatic carbocycles. The van der Waals surface area contributed by atoms with E-state index in [4.69, 9.17) is 10.2 Å². The number of nitrogen functional groups attached to an aromatic ring is 1. The molecule has 8 heteroatoms. The van der Waals surface area contributed by atoms with Crippen molar-refractivity contribution in [3.8, 4) is 0 Å². The third-order valence-electron chi connectivity index (χ3n) is 3.06. The molecular formula is C13H14BrFN2O3S. The van der Waals surface area contributed by atoms with E-state index in [1.807, 2.05) is 0 Å². The van der Waals surface area contributed by atoms with E-state index in [0.717, 1.165) is 10.4 Å². The molecular weight excluding hydrogens is 363 g/mol. The minimum absolute atomic E-state index is 0.00830. The first-order chi connectivity index (χ1) is 9.73. The Hall–Kier alpha value is -1.38. The van der Waals surface area contributed by atoms with Gasteiger partial charge in [-0.25, -0.2) is 12.8 Å². The SMILES string of the molecule is Cc1occc1CN(C)S(=O)(=O)c1cc(N)cc(Br)c1F. The minimum atomic E-state index is -4.00. The lowest BCUT2D eigenvalue weighted by Gasteiger charge is -2.18. The van der Waals surface area contributed by atoms with Gasteiger partial charge >= 0.3 is 0 Å². The number of anilines is 1. The van der Waals surface area contributed by atoms with Crippen molar-refractivity contribution in [1.82, 2.24) is 4.31 Å². The predicted octanol–water partition coefficient (Wildman–Crippen LogP) is 2.89. The van der Waals surface area contributed by atoms with E-state index < -0.39 is 20.7 Å². The lowest BCUT2D eigenvalue weighted by Crippen LogP contribution is -2.27. The van der Waals surface area contributed by atoms with Crippen molar-refractivity contribution in [2.45, 2.75) is 18.4 Å². The number of hydrogen-bond donors (Lipinski definition) is 1. The van der Waals surface area contributed by atoms with E-state index in [2.05, 4.69) is 15.9 Å². The van der Waals surface area contributed by atoms with Crippen LogP contribution in [0.2, 0.25) is 0 Å². The van der Waals surface area contributed by atoms with Crippen LogP contribution in [0.5, 0.6) is 0 Å². The van der Waals surface area contributed by atoms with E-state index in [0.29, 0.717) is 11.3 Å². The van der Waals surface area contributed by atoms with Crippen molar-refractivity contribution in [3.63, 3.8) is 0 Å². The molecule has 0 aliphatic heterocycles. The number of furan rings is 1. The quantitative estimate of drug-likeness (QED) is 0.832. The number of nitrogens with zero attached hydrogens (tertiary/aromatic N) is 1. The van der Waals surface area contributed by atoms with Gasteiger partial charge in [-0.1, -0.05) is 0 Å². The fourth-order valence-corrected chi connectivity index (χ4v) is 3.71. The lowest BCUT2D eigenvalue weighted by atomic mass is 10.3. The maximum Gasteiger partial charge on any atom is 0.246 e. The first-order valence-corrected chi connectivity index (χ1v) is 8.20. The Labute approximate surface area is 130 Å². The number of halogens is 2. The van der Waals surface area contributed by atoms with Gasteiger partial charge in [0, 0.05) is 24.8 Å². The number of sulfonamides is 1. The molecule has 0 amide bonds. The number of benzene rings is 1. The Morgan fingerprint density at radius 2 is 2.10 bits per heavy atom. The second-order valence-electron chi connectivity index (χ2n) is 4.58. The molecule has 0 radical (unpaired) electrons. The summed E-state index contributed by atoms with van der Waals surface area (Å²) in [5, 5.41) is 0. The molecule has 5 nitrogen and oxygen atoms in total. The van der Waals surface area contributed by atoms with Crippen LogP contribution in [-0.4, -0.2) is 19.8 Å². The van der Waals surface area contributed by atoms with Crippen LogP contribution in [0.4, 0.5) is 10.1 Å². The van der Waals surface area contributed by atoms with Gasteiger partial charge in [0.1, 0.15) is 10.7 Å². The zero-order valence-corrected chi connectivity index (χ0v) is 13.8. The van der Waals surface area contributed by atoms with Crippen molar-refractivity contribution >= 4 is 31.6 Å². The van der Waals surface area contributed by atoms with Crippen LogP contribution in [0, 0.1) is 12.7 Å². The van der Waals surface area contributed by atoms with Crippen LogP contribution in [0.15, 0.2) is 38.2 Å². The average Bonchev–Trinajstić information content (AvgIpc) is 2.79. The molecule has 0 fully saturated rings. The molecule has 21 heavy (non-hydrogen) atoms. The third-order valence-corrected chi connectivity index (χ3v) is 5.44. The number of hydrogen-bond acceptors (Lipinski definition) is 4. The Bertz CT molecular complexity index is 774. The fourth-order valence-electron chi connectivity index (χ4n) is 1.84. The topological polar surface area (TPSA) is 76.5 Å². The van der Waals surface area contributed by atoms with Crippen molar-refractivity contribution in [3.05, 3.63) is 46.1 Å². The zero-order valence-electron chi connectivity index (χ0n) is 11.4. The predicted molar refractivity (Wildman–Crippen MR) is 80.6 cm³/mol. The minimum Gasteiger partial charge on any atom is -0.469 e. The summed E-state index contributed by atoms with van der Waals surface area (Å²) >= 11 is 2.96. The van der Waals surface area contributed by atoms with E-state index in [-0.39, 0.29) is 16.7 Å². The van der Waals surface area contributed by atoms with E-state index in [1.165, 1.54) is 19.4 Å². The van der Waals surface area contributed by atoms with Gasteiger partial charge in [-0.15, -0.1) is 0 Å². The van der Waals surface area contributed by atoms with Gasteiger partial charge in [-0.05, 0) is 41.1 Å².